The van der Waals surface area contributed by atoms with E-state index in [9.17, 15) is 18.0 Å². The number of fused-ring (bicyclic) bond motifs is 1. The van der Waals surface area contributed by atoms with Crippen LogP contribution in [0.15, 0.2) is 95.9 Å². The number of pyridine rings is 1. The largest absolute Gasteiger partial charge is 0.333 e. The molecule has 0 spiro atoms. The monoisotopic (exact) mass is 528 g/mol. The molecule has 0 radical (unpaired) electrons. The fourth-order valence-corrected chi connectivity index (χ4v) is 7.18. The summed E-state index contributed by atoms with van der Waals surface area (Å²) >= 11 is 1.18. The van der Waals surface area contributed by atoms with Crippen molar-refractivity contribution in [3.05, 3.63) is 123 Å². The first-order chi connectivity index (χ1) is 17.8. The number of hydrogen-bond acceptors (Lipinski definition) is 6. The smallest absolute Gasteiger partial charge is 0.219 e. The van der Waals surface area contributed by atoms with Crippen LogP contribution >= 0.6 is 11.3 Å². The van der Waals surface area contributed by atoms with E-state index in [1.807, 2.05) is 65.2 Å². The summed E-state index contributed by atoms with van der Waals surface area (Å²) in [6, 6.07) is 26.9. The molecule has 5 aromatic rings. The SMILES string of the molecule is CC(=O)c1cn(Cc2ccccc2-c2ccccc2)c2sc(CS(=O)(=O)Cc3ccccc3)nc2c1=O. The normalized spacial score (nSPS) is 11.6. The number of thiazole rings is 1. The highest BCUT2D eigenvalue weighted by Crippen LogP contribution is 2.28. The lowest BCUT2D eigenvalue weighted by Gasteiger charge is -2.14. The summed E-state index contributed by atoms with van der Waals surface area (Å²) in [6.45, 7) is 1.74. The predicted molar refractivity (Wildman–Crippen MR) is 148 cm³/mol. The fraction of sp³-hybridized carbons (Fsp3) is 0.138. The molecule has 0 N–H and O–H groups in total. The third kappa shape index (κ3) is 5.45. The third-order valence-electron chi connectivity index (χ3n) is 6.05. The molecule has 6 nitrogen and oxygen atoms in total. The Morgan fingerprint density at radius 2 is 1.54 bits per heavy atom. The van der Waals surface area contributed by atoms with Gasteiger partial charge in [0.25, 0.3) is 0 Å². The summed E-state index contributed by atoms with van der Waals surface area (Å²) in [5.74, 6) is -0.753. The molecule has 2 aromatic heterocycles. The van der Waals surface area contributed by atoms with Crippen LogP contribution in [-0.2, 0) is 27.9 Å². The molecule has 0 unspecified atom stereocenters. The first kappa shape index (κ1) is 24.8. The lowest BCUT2D eigenvalue weighted by atomic mass is 9.99. The number of Topliss-reactive ketones (excluding diaryl/α,β-unsaturated/α-hetero) is 1. The predicted octanol–water partition coefficient (Wildman–Crippen LogP) is 5.49. The highest BCUT2D eigenvalue weighted by atomic mass is 32.2. The van der Waals surface area contributed by atoms with E-state index in [0.717, 1.165) is 16.7 Å². The molecule has 0 aliphatic carbocycles. The number of ketones is 1. The standard InChI is InChI=1S/C29H24N2O4S2/c1-20(32)25-17-31(16-23-14-8-9-15-24(23)22-12-6-3-7-13-22)29-27(28(25)33)30-26(36-29)19-37(34,35)18-21-10-4-2-5-11-21/h2-15,17H,16,18-19H2,1H3. The van der Waals surface area contributed by atoms with Gasteiger partial charge in [-0.25, -0.2) is 13.4 Å². The lowest BCUT2D eigenvalue weighted by molar-refractivity contribution is 0.101. The van der Waals surface area contributed by atoms with E-state index in [-0.39, 0.29) is 28.4 Å². The van der Waals surface area contributed by atoms with Gasteiger partial charge in [-0.15, -0.1) is 0 Å². The molecule has 5 rings (SSSR count). The van der Waals surface area contributed by atoms with Crippen LogP contribution in [0.4, 0.5) is 0 Å². The molecule has 37 heavy (non-hydrogen) atoms. The van der Waals surface area contributed by atoms with Gasteiger partial charge in [0, 0.05) is 12.7 Å². The minimum atomic E-state index is -3.52. The summed E-state index contributed by atoms with van der Waals surface area (Å²) in [4.78, 5) is 30.4. The lowest BCUT2D eigenvalue weighted by Crippen LogP contribution is -2.18. The number of sulfone groups is 1. The molecule has 0 saturated carbocycles. The first-order valence-corrected chi connectivity index (χ1v) is 14.4. The van der Waals surface area contributed by atoms with Crippen molar-refractivity contribution in [2.75, 3.05) is 0 Å². The maximum Gasteiger partial charge on any atom is 0.219 e. The maximum atomic E-state index is 13.1. The van der Waals surface area contributed by atoms with E-state index in [1.54, 1.807) is 30.5 Å². The van der Waals surface area contributed by atoms with Crippen LogP contribution in [0.5, 0.6) is 0 Å². The molecular weight excluding hydrogens is 504 g/mol. The molecule has 0 aliphatic rings. The van der Waals surface area contributed by atoms with E-state index in [2.05, 4.69) is 4.98 Å². The van der Waals surface area contributed by atoms with Crippen LogP contribution < -0.4 is 5.43 Å². The molecule has 0 amide bonds. The molecule has 0 saturated heterocycles. The Morgan fingerprint density at radius 1 is 0.892 bits per heavy atom. The van der Waals surface area contributed by atoms with Crippen molar-refractivity contribution in [3.63, 3.8) is 0 Å². The quantitative estimate of drug-likeness (QED) is 0.249. The van der Waals surface area contributed by atoms with Gasteiger partial charge in [-0.2, -0.15) is 0 Å². The second-order valence-corrected chi connectivity index (χ2v) is 12.0. The van der Waals surface area contributed by atoms with Crippen LogP contribution in [0.1, 0.15) is 33.4 Å². The molecule has 8 heteroatoms. The van der Waals surface area contributed by atoms with Crippen molar-refractivity contribution in [1.82, 2.24) is 9.55 Å². The summed E-state index contributed by atoms with van der Waals surface area (Å²) < 4.78 is 27.7. The summed E-state index contributed by atoms with van der Waals surface area (Å²) in [7, 11) is -3.52. The van der Waals surface area contributed by atoms with Gasteiger partial charge < -0.3 is 4.57 Å². The van der Waals surface area contributed by atoms with Gasteiger partial charge in [-0.1, -0.05) is 96.3 Å². The third-order valence-corrected chi connectivity index (χ3v) is 8.82. The van der Waals surface area contributed by atoms with Crippen LogP contribution in [0.3, 0.4) is 0 Å². The van der Waals surface area contributed by atoms with Crippen LogP contribution in [0, 0.1) is 0 Å². The van der Waals surface area contributed by atoms with Gasteiger partial charge in [0.1, 0.15) is 21.1 Å². The number of hydrogen-bond donors (Lipinski definition) is 0. The van der Waals surface area contributed by atoms with Crippen molar-refractivity contribution in [3.8, 4) is 11.1 Å². The van der Waals surface area contributed by atoms with E-state index in [0.29, 0.717) is 21.9 Å². The Morgan fingerprint density at radius 3 is 2.24 bits per heavy atom. The number of aromatic nitrogens is 2. The zero-order valence-corrected chi connectivity index (χ0v) is 21.8. The minimum Gasteiger partial charge on any atom is -0.333 e. The van der Waals surface area contributed by atoms with Crippen LogP contribution in [0.2, 0.25) is 0 Å². The van der Waals surface area contributed by atoms with Gasteiger partial charge in [0.15, 0.2) is 15.6 Å². The van der Waals surface area contributed by atoms with E-state index in [4.69, 9.17) is 0 Å². The van der Waals surface area contributed by atoms with Crippen LogP contribution in [-0.4, -0.2) is 23.8 Å². The zero-order valence-electron chi connectivity index (χ0n) is 20.1. The second-order valence-electron chi connectivity index (χ2n) is 8.86. The molecule has 0 atom stereocenters. The molecule has 0 fully saturated rings. The molecular formula is C29H24N2O4S2. The van der Waals surface area contributed by atoms with Gasteiger partial charge in [-0.3, -0.25) is 9.59 Å². The number of carbonyl (C=O) groups is 1. The van der Waals surface area contributed by atoms with Crippen molar-refractivity contribution in [2.45, 2.75) is 25.0 Å². The number of carbonyl (C=O) groups excluding carboxylic acids is 1. The highest BCUT2D eigenvalue weighted by Gasteiger charge is 2.21. The molecule has 0 aliphatic heterocycles. The summed E-state index contributed by atoms with van der Waals surface area (Å²) in [6.07, 6.45) is 1.56. The first-order valence-electron chi connectivity index (χ1n) is 11.7. The average Bonchev–Trinajstić information content (AvgIpc) is 3.30. The summed E-state index contributed by atoms with van der Waals surface area (Å²) in [5, 5.41) is 0.328. The fourth-order valence-electron chi connectivity index (χ4n) is 4.34. The zero-order chi connectivity index (χ0) is 26.0. The Labute approximate surface area is 218 Å². The Hall–Kier alpha value is -3.88. The highest BCUT2D eigenvalue weighted by molar-refractivity contribution is 7.90. The minimum absolute atomic E-state index is 0.0358. The molecule has 0 bridgehead atoms. The number of nitrogens with zero attached hydrogens (tertiary/aromatic N) is 2. The van der Waals surface area contributed by atoms with Crippen LogP contribution in [0.25, 0.3) is 21.5 Å². The summed E-state index contributed by atoms with van der Waals surface area (Å²) in [5.41, 5.74) is 3.47. The maximum absolute atomic E-state index is 13.1. The molecule has 2 heterocycles. The van der Waals surface area contributed by atoms with Crippen molar-refractivity contribution in [2.24, 2.45) is 0 Å². The van der Waals surface area contributed by atoms with Crippen molar-refractivity contribution >= 4 is 37.3 Å². The topological polar surface area (TPSA) is 86.1 Å². The number of rotatable bonds is 8. The Bertz CT molecular complexity index is 1760. The molecule has 186 valence electrons. The van der Waals surface area contributed by atoms with Crippen molar-refractivity contribution < 1.29 is 13.2 Å². The van der Waals surface area contributed by atoms with Gasteiger partial charge in [0.05, 0.1) is 11.3 Å². The average molecular weight is 529 g/mol. The van der Waals surface area contributed by atoms with E-state index >= 15 is 0 Å². The van der Waals surface area contributed by atoms with Crippen molar-refractivity contribution in [1.29, 1.82) is 0 Å². The molecule has 3 aromatic carbocycles. The van der Waals surface area contributed by atoms with E-state index < -0.39 is 15.3 Å². The van der Waals surface area contributed by atoms with E-state index in [1.165, 1.54) is 18.3 Å². The number of benzene rings is 3. The van der Waals surface area contributed by atoms with Gasteiger partial charge in [0.2, 0.25) is 5.43 Å². The Kier molecular flexibility index (Phi) is 6.86. The van der Waals surface area contributed by atoms with Gasteiger partial charge >= 0.3 is 0 Å². The Balaban J connectivity index is 1.57. The van der Waals surface area contributed by atoms with Gasteiger partial charge in [-0.05, 0) is 29.2 Å². The second kappa shape index (κ2) is 10.2.